The number of piperidine rings is 1. The van der Waals surface area contributed by atoms with Gasteiger partial charge >= 0.3 is 0 Å². The summed E-state index contributed by atoms with van der Waals surface area (Å²) in [6.07, 6.45) is -0.303. The first-order valence-corrected chi connectivity index (χ1v) is 9.31. The molecule has 1 aliphatic heterocycles. The van der Waals surface area contributed by atoms with E-state index < -0.39 is 17.6 Å². The number of carbonyl (C=O) groups excluding carboxylic acids is 1. The molecule has 1 aromatic heterocycles. The Kier molecular flexibility index (Phi) is 6.07. The maximum Gasteiger partial charge on any atom is 0.287 e. The Labute approximate surface area is 174 Å². The number of carbonyl (C=O) groups is 1. The highest BCUT2D eigenvalue weighted by molar-refractivity contribution is 5.93. The maximum absolute atomic E-state index is 13.0. The largest absolute Gasteiger partial charge is 0.451 e. The van der Waals surface area contributed by atoms with Crippen molar-refractivity contribution in [2.75, 3.05) is 13.1 Å². The van der Waals surface area contributed by atoms with Crippen LogP contribution in [0.3, 0.4) is 0 Å². The van der Waals surface area contributed by atoms with Crippen LogP contribution in [-0.4, -0.2) is 30.2 Å². The summed E-state index contributed by atoms with van der Waals surface area (Å²) in [7, 11) is 0. The number of aryl methyl sites for hydroxylation is 1. The Hall–Kier alpha value is -2.67. The molecular formula is C22H23ClN2O4. The van der Waals surface area contributed by atoms with Gasteiger partial charge in [0.25, 0.3) is 5.91 Å². The quantitative estimate of drug-likeness (QED) is 0.612. The molecule has 152 valence electrons. The number of fused-ring (bicyclic) bond motifs is 1. The molecular weight excluding hydrogens is 392 g/mol. The fraction of sp³-hybridized carbons (Fsp3) is 0.273. The van der Waals surface area contributed by atoms with Crippen molar-refractivity contribution in [3.05, 3.63) is 81.7 Å². The first kappa shape index (κ1) is 21.0. The summed E-state index contributed by atoms with van der Waals surface area (Å²) in [6, 6.07) is 15.9. The van der Waals surface area contributed by atoms with Crippen molar-refractivity contribution in [2.45, 2.75) is 25.0 Å². The molecule has 1 amide bonds. The van der Waals surface area contributed by atoms with E-state index in [-0.39, 0.29) is 23.6 Å². The van der Waals surface area contributed by atoms with Crippen molar-refractivity contribution in [1.29, 1.82) is 0 Å². The lowest BCUT2D eigenvalue weighted by molar-refractivity contribution is 0.0280. The van der Waals surface area contributed by atoms with E-state index in [1.165, 1.54) is 6.07 Å². The highest BCUT2D eigenvalue weighted by Gasteiger charge is 2.43. The number of benzene rings is 2. The van der Waals surface area contributed by atoms with E-state index in [2.05, 4.69) is 10.6 Å². The van der Waals surface area contributed by atoms with Gasteiger partial charge in [-0.15, -0.1) is 12.4 Å². The lowest BCUT2D eigenvalue weighted by Gasteiger charge is -2.42. The maximum atomic E-state index is 13.0. The second kappa shape index (κ2) is 8.37. The third kappa shape index (κ3) is 3.92. The molecule has 7 heteroatoms. The topological polar surface area (TPSA) is 91.6 Å². The van der Waals surface area contributed by atoms with Crippen molar-refractivity contribution >= 4 is 29.3 Å². The van der Waals surface area contributed by atoms with E-state index in [0.717, 1.165) is 11.1 Å². The number of β-amino-alcohol motifs (C(OH)–C–C–N with tert-alkyl or cyclic N) is 1. The van der Waals surface area contributed by atoms with Gasteiger partial charge in [-0.05, 0) is 43.1 Å². The highest BCUT2D eigenvalue weighted by atomic mass is 35.5. The summed E-state index contributed by atoms with van der Waals surface area (Å²) in [4.78, 5) is 25.5. The molecule has 29 heavy (non-hydrogen) atoms. The fourth-order valence-electron chi connectivity index (χ4n) is 3.79. The zero-order chi connectivity index (χ0) is 19.7. The minimum atomic E-state index is -0.955. The van der Waals surface area contributed by atoms with Gasteiger partial charge < -0.3 is 20.2 Å². The van der Waals surface area contributed by atoms with Crippen molar-refractivity contribution in [3.63, 3.8) is 0 Å². The van der Waals surface area contributed by atoms with Crippen molar-refractivity contribution < 1.29 is 14.3 Å². The normalized spacial score (nSPS) is 21.4. The zero-order valence-electron chi connectivity index (χ0n) is 16.0. The molecule has 3 aromatic rings. The molecule has 4 rings (SSSR count). The summed E-state index contributed by atoms with van der Waals surface area (Å²) in [5.74, 6) is -0.588. The van der Waals surface area contributed by atoms with Crippen LogP contribution < -0.4 is 16.1 Å². The number of aliphatic hydroxyl groups excluding tert-OH is 1. The van der Waals surface area contributed by atoms with Crippen LogP contribution in [0.2, 0.25) is 0 Å². The Morgan fingerprint density at radius 3 is 2.69 bits per heavy atom. The minimum Gasteiger partial charge on any atom is -0.451 e. The van der Waals surface area contributed by atoms with E-state index in [1.54, 1.807) is 12.1 Å². The average Bonchev–Trinajstić information content (AvgIpc) is 2.70. The number of hydrogen-bond donors (Lipinski definition) is 3. The molecule has 3 N–H and O–H groups in total. The number of halogens is 1. The van der Waals surface area contributed by atoms with Gasteiger partial charge in [0.1, 0.15) is 5.58 Å². The molecule has 2 atom stereocenters. The molecule has 2 heterocycles. The lowest BCUT2D eigenvalue weighted by atomic mass is 9.79. The van der Waals surface area contributed by atoms with Gasteiger partial charge in [-0.25, -0.2) is 0 Å². The molecule has 6 nitrogen and oxygen atoms in total. The molecule has 0 bridgehead atoms. The standard InChI is InChI=1S/C22H22N2O4.ClH/c1-14-7-8-16-17(25)12-19(28-18(16)11-14)21(27)24-22(9-10-23-13-20(22)26)15-5-3-2-4-6-15;/h2-8,11-12,20,23,26H,9-10,13H2,1H3,(H,24,27);1H/t20-,22-;/m1./s1. The molecule has 1 aliphatic rings. The highest BCUT2D eigenvalue weighted by Crippen LogP contribution is 2.31. The van der Waals surface area contributed by atoms with Crippen molar-refractivity contribution in [3.8, 4) is 0 Å². The molecule has 0 saturated carbocycles. The molecule has 2 aromatic carbocycles. The average molecular weight is 415 g/mol. The van der Waals surface area contributed by atoms with E-state index in [9.17, 15) is 14.7 Å². The van der Waals surface area contributed by atoms with Crippen LogP contribution in [0.15, 0.2) is 63.8 Å². The molecule has 0 radical (unpaired) electrons. The zero-order valence-corrected chi connectivity index (χ0v) is 16.8. The SMILES string of the molecule is Cc1ccc2c(=O)cc(C(=O)N[C@@]3(c4ccccc4)CCNC[C@H]3O)oc2c1.Cl. The van der Waals surface area contributed by atoms with Crippen LogP contribution in [0.1, 0.15) is 28.1 Å². The molecule has 0 spiro atoms. The molecule has 0 aliphatic carbocycles. The van der Waals surface area contributed by atoms with Gasteiger partial charge in [-0.1, -0.05) is 36.4 Å². The minimum absolute atomic E-state index is 0. The molecule has 1 fully saturated rings. The summed E-state index contributed by atoms with van der Waals surface area (Å²) < 4.78 is 5.73. The Morgan fingerprint density at radius 1 is 1.21 bits per heavy atom. The Morgan fingerprint density at radius 2 is 1.97 bits per heavy atom. The fourth-order valence-corrected chi connectivity index (χ4v) is 3.79. The molecule has 1 saturated heterocycles. The number of hydrogen-bond acceptors (Lipinski definition) is 5. The Balaban J connectivity index is 0.00000240. The summed E-state index contributed by atoms with van der Waals surface area (Å²) in [6.45, 7) is 2.89. The van der Waals surface area contributed by atoms with Gasteiger partial charge in [0.2, 0.25) is 0 Å². The van der Waals surface area contributed by atoms with Crippen LogP contribution in [0.25, 0.3) is 11.0 Å². The van der Waals surface area contributed by atoms with Crippen LogP contribution in [-0.2, 0) is 5.54 Å². The van der Waals surface area contributed by atoms with Crippen LogP contribution in [0.4, 0.5) is 0 Å². The number of aliphatic hydroxyl groups is 1. The van der Waals surface area contributed by atoms with Crippen LogP contribution in [0, 0.1) is 6.92 Å². The smallest absolute Gasteiger partial charge is 0.287 e. The second-order valence-corrected chi connectivity index (χ2v) is 7.24. The van der Waals surface area contributed by atoms with E-state index in [0.29, 0.717) is 30.5 Å². The first-order chi connectivity index (χ1) is 13.5. The van der Waals surface area contributed by atoms with Gasteiger partial charge in [0, 0.05) is 12.6 Å². The van der Waals surface area contributed by atoms with Gasteiger partial charge in [-0.3, -0.25) is 9.59 Å². The third-order valence-corrected chi connectivity index (χ3v) is 5.34. The van der Waals surface area contributed by atoms with Crippen LogP contribution in [0.5, 0.6) is 0 Å². The van der Waals surface area contributed by atoms with E-state index in [1.807, 2.05) is 43.3 Å². The number of amides is 1. The predicted octanol–water partition coefficient (Wildman–Crippen LogP) is 2.50. The Bertz CT molecular complexity index is 1080. The van der Waals surface area contributed by atoms with E-state index in [4.69, 9.17) is 4.42 Å². The van der Waals surface area contributed by atoms with Crippen LogP contribution >= 0.6 is 12.4 Å². The number of nitrogens with one attached hydrogen (secondary N) is 2. The second-order valence-electron chi connectivity index (χ2n) is 7.24. The summed E-state index contributed by atoms with van der Waals surface area (Å²) in [5, 5.41) is 17.3. The predicted molar refractivity (Wildman–Crippen MR) is 114 cm³/mol. The van der Waals surface area contributed by atoms with Gasteiger partial charge in [-0.2, -0.15) is 0 Å². The first-order valence-electron chi connectivity index (χ1n) is 9.31. The van der Waals surface area contributed by atoms with Crippen molar-refractivity contribution in [2.24, 2.45) is 0 Å². The van der Waals surface area contributed by atoms with E-state index >= 15 is 0 Å². The summed E-state index contributed by atoms with van der Waals surface area (Å²) in [5.41, 5.74) is 0.895. The van der Waals surface area contributed by atoms with Gasteiger partial charge in [0.15, 0.2) is 11.2 Å². The molecule has 0 unspecified atom stereocenters. The van der Waals surface area contributed by atoms with Gasteiger partial charge in [0.05, 0.1) is 17.0 Å². The monoisotopic (exact) mass is 414 g/mol. The number of rotatable bonds is 3. The van der Waals surface area contributed by atoms with Crippen molar-refractivity contribution in [1.82, 2.24) is 10.6 Å². The lowest BCUT2D eigenvalue weighted by Crippen LogP contribution is -2.61. The third-order valence-electron chi connectivity index (χ3n) is 5.34. The summed E-state index contributed by atoms with van der Waals surface area (Å²) >= 11 is 0.